The molecule has 0 unspecified atom stereocenters. The number of hydrogen-bond acceptors (Lipinski definition) is 3. The number of halogens is 2. The van der Waals surface area contributed by atoms with Crippen molar-refractivity contribution in [2.24, 2.45) is 0 Å². The van der Waals surface area contributed by atoms with Crippen LogP contribution in [0, 0.1) is 0 Å². The molecule has 0 radical (unpaired) electrons. The molecule has 0 aliphatic rings. The van der Waals surface area contributed by atoms with Crippen LogP contribution in [-0.4, -0.2) is 18.0 Å². The van der Waals surface area contributed by atoms with Gasteiger partial charge in [0.1, 0.15) is 0 Å². The van der Waals surface area contributed by atoms with Gasteiger partial charge in [-0.15, -0.1) is 0 Å². The van der Waals surface area contributed by atoms with E-state index in [1.54, 1.807) is 24.3 Å². The lowest BCUT2D eigenvalue weighted by atomic mass is 10.1. The Morgan fingerprint density at radius 1 is 1.19 bits per heavy atom. The van der Waals surface area contributed by atoms with E-state index < -0.39 is 0 Å². The third-order valence-electron chi connectivity index (χ3n) is 2.85. The maximum absolute atomic E-state index is 12.1. The zero-order chi connectivity index (χ0) is 15.4. The largest absolute Gasteiger partial charge is 0.504 e. The first kappa shape index (κ1) is 15.8. The van der Waals surface area contributed by atoms with E-state index in [2.05, 4.69) is 31.9 Å². The van der Waals surface area contributed by atoms with E-state index in [9.17, 15) is 9.90 Å². The highest BCUT2D eigenvalue weighted by atomic mass is 79.9. The second-order valence-electron chi connectivity index (χ2n) is 4.22. The molecule has 5 heteroatoms. The van der Waals surface area contributed by atoms with Gasteiger partial charge in [-0.05, 0) is 42.0 Å². The van der Waals surface area contributed by atoms with E-state index in [-0.39, 0.29) is 11.5 Å². The van der Waals surface area contributed by atoms with Crippen LogP contribution >= 0.6 is 31.9 Å². The van der Waals surface area contributed by atoms with Crippen molar-refractivity contribution in [1.29, 1.82) is 0 Å². The fourth-order valence-corrected chi connectivity index (χ4v) is 2.70. The summed E-state index contributed by atoms with van der Waals surface area (Å²) in [4.78, 5) is 12.1. The zero-order valence-corrected chi connectivity index (χ0v) is 14.3. The highest BCUT2D eigenvalue weighted by molar-refractivity contribution is 9.10. The van der Waals surface area contributed by atoms with Crippen molar-refractivity contribution in [1.82, 2.24) is 0 Å². The number of phenolic OH excluding ortho intramolecular Hbond substituents is 1. The highest BCUT2D eigenvalue weighted by Crippen LogP contribution is 2.33. The van der Waals surface area contributed by atoms with Crippen LogP contribution in [0.5, 0.6) is 11.5 Å². The number of methoxy groups -OCH3 is 1. The molecule has 0 aliphatic heterocycles. The minimum Gasteiger partial charge on any atom is -0.504 e. The number of ketones is 1. The fraction of sp³-hybridized carbons (Fsp3) is 0.0625. The SMILES string of the molecule is COc1cc(Br)c(/C=C/C(=O)c2ccccc2Br)cc1O. The molecule has 108 valence electrons. The third-order valence-corrected chi connectivity index (χ3v) is 4.23. The maximum atomic E-state index is 12.1. The van der Waals surface area contributed by atoms with Gasteiger partial charge in [0.2, 0.25) is 0 Å². The molecule has 0 saturated heterocycles. The number of rotatable bonds is 4. The second-order valence-corrected chi connectivity index (χ2v) is 5.93. The van der Waals surface area contributed by atoms with E-state index in [0.717, 1.165) is 8.95 Å². The lowest BCUT2D eigenvalue weighted by molar-refractivity contribution is 0.104. The average molecular weight is 412 g/mol. The molecule has 2 aromatic carbocycles. The Balaban J connectivity index is 2.28. The first-order valence-corrected chi connectivity index (χ1v) is 7.65. The first-order chi connectivity index (χ1) is 10.0. The Morgan fingerprint density at radius 2 is 1.90 bits per heavy atom. The van der Waals surface area contributed by atoms with Gasteiger partial charge in [0, 0.05) is 14.5 Å². The van der Waals surface area contributed by atoms with Crippen LogP contribution in [0.4, 0.5) is 0 Å². The Labute approximate surface area is 139 Å². The predicted molar refractivity (Wildman–Crippen MR) is 89.9 cm³/mol. The van der Waals surface area contributed by atoms with Gasteiger partial charge in [0.05, 0.1) is 7.11 Å². The van der Waals surface area contributed by atoms with Crippen LogP contribution in [0.3, 0.4) is 0 Å². The molecule has 3 nitrogen and oxygen atoms in total. The Morgan fingerprint density at radius 3 is 2.57 bits per heavy atom. The number of aromatic hydroxyl groups is 1. The molecule has 1 N–H and O–H groups in total. The summed E-state index contributed by atoms with van der Waals surface area (Å²) in [6, 6.07) is 10.4. The Bertz CT molecular complexity index is 709. The highest BCUT2D eigenvalue weighted by Gasteiger charge is 2.08. The van der Waals surface area contributed by atoms with Crippen LogP contribution in [0.1, 0.15) is 15.9 Å². The summed E-state index contributed by atoms with van der Waals surface area (Å²) < 4.78 is 6.49. The number of allylic oxidation sites excluding steroid dienone is 1. The number of carbonyl (C=O) groups is 1. The lowest BCUT2D eigenvalue weighted by Gasteiger charge is -2.06. The summed E-state index contributed by atoms with van der Waals surface area (Å²) in [6.45, 7) is 0. The molecule has 0 aromatic heterocycles. The van der Waals surface area contributed by atoms with Crippen LogP contribution in [-0.2, 0) is 0 Å². The van der Waals surface area contributed by atoms with Crippen LogP contribution in [0.25, 0.3) is 6.08 Å². The number of phenols is 1. The van der Waals surface area contributed by atoms with E-state index >= 15 is 0 Å². The average Bonchev–Trinajstić information content (AvgIpc) is 2.47. The maximum Gasteiger partial charge on any atom is 0.186 e. The lowest BCUT2D eigenvalue weighted by Crippen LogP contribution is -1.95. The van der Waals surface area contributed by atoms with Crippen molar-refractivity contribution in [2.45, 2.75) is 0 Å². The Kier molecular flexibility index (Phi) is 5.20. The number of hydrogen-bond donors (Lipinski definition) is 1. The van der Waals surface area contributed by atoms with Gasteiger partial charge in [-0.25, -0.2) is 0 Å². The van der Waals surface area contributed by atoms with Gasteiger partial charge in [0.25, 0.3) is 0 Å². The van der Waals surface area contributed by atoms with E-state index in [1.165, 1.54) is 19.3 Å². The molecule has 2 rings (SSSR count). The van der Waals surface area contributed by atoms with E-state index in [4.69, 9.17) is 4.74 Å². The van der Waals surface area contributed by atoms with Gasteiger partial charge in [0.15, 0.2) is 17.3 Å². The monoisotopic (exact) mass is 410 g/mol. The summed E-state index contributed by atoms with van der Waals surface area (Å²) in [5.41, 5.74) is 1.27. The Hall–Kier alpha value is -1.59. The molecule has 0 spiro atoms. The molecule has 0 heterocycles. The smallest absolute Gasteiger partial charge is 0.186 e. The molecule has 21 heavy (non-hydrogen) atoms. The van der Waals surface area contributed by atoms with Gasteiger partial charge in [-0.1, -0.05) is 44.0 Å². The van der Waals surface area contributed by atoms with Gasteiger partial charge in [-0.2, -0.15) is 0 Å². The number of carbonyl (C=O) groups excluding carboxylic acids is 1. The van der Waals surface area contributed by atoms with Crippen molar-refractivity contribution in [2.75, 3.05) is 7.11 Å². The normalized spacial score (nSPS) is 10.8. The summed E-state index contributed by atoms with van der Waals surface area (Å²) in [5, 5.41) is 9.77. The van der Waals surface area contributed by atoms with Crippen LogP contribution in [0.15, 0.2) is 51.4 Å². The van der Waals surface area contributed by atoms with Crippen molar-refractivity contribution in [3.8, 4) is 11.5 Å². The number of benzene rings is 2. The summed E-state index contributed by atoms with van der Waals surface area (Å²) in [6.07, 6.45) is 3.11. The minimum atomic E-state index is -0.121. The molecule has 0 fully saturated rings. The molecule has 0 atom stereocenters. The molecular weight excluding hydrogens is 400 g/mol. The van der Waals surface area contributed by atoms with Crippen LogP contribution in [0.2, 0.25) is 0 Å². The molecule has 0 aliphatic carbocycles. The van der Waals surface area contributed by atoms with Crippen molar-refractivity contribution in [3.05, 3.63) is 62.5 Å². The van der Waals surface area contributed by atoms with E-state index in [0.29, 0.717) is 16.9 Å². The topological polar surface area (TPSA) is 46.5 Å². The quantitative estimate of drug-likeness (QED) is 0.579. The second kappa shape index (κ2) is 6.91. The van der Waals surface area contributed by atoms with E-state index in [1.807, 2.05) is 12.1 Å². The number of ether oxygens (including phenoxy) is 1. The van der Waals surface area contributed by atoms with Gasteiger partial charge in [-0.3, -0.25) is 4.79 Å². The first-order valence-electron chi connectivity index (χ1n) is 6.06. The molecular formula is C16H12Br2O3. The molecule has 0 amide bonds. The predicted octanol–water partition coefficient (Wildman–Crippen LogP) is 4.82. The molecule has 0 saturated carbocycles. The van der Waals surface area contributed by atoms with Gasteiger partial charge >= 0.3 is 0 Å². The third kappa shape index (κ3) is 3.74. The summed E-state index contributed by atoms with van der Waals surface area (Å²) in [7, 11) is 1.48. The molecule has 2 aromatic rings. The van der Waals surface area contributed by atoms with Gasteiger partial charge < -0.3 is 9.84 Å². The van der Waals surface area contributed by atoms with Crippen molar-refractivity contribution in [3.63, 3.8) is 0 Å². The summed E-state index contributed by atoms with van der Waals surface area (Å²) >= 11 is 6.73. The minimum absolute atomic E-state index is 0.0219. The standard InChI is InChI=1S/C16H12Br2O3/c1-21-16-9-13(18)10(8-15(16)20)6-7-14(19)11-4-2-3-5-12(11)17/h2-9,20H,1H3/b7-6+. The van der Waals surface area contributed by atoms with Crippen LogP contribution < -0.4 is 4.74 Å². The zero-order valence-electron chi connectivity index (χ0n) is 11.1. The van der Waals surface area contributed by atoms with Crippen molar-refractivity contribution < 1.29 is 14.6 Å². The molecule has 0 bridgehead atoms. The fourth-order valence-electron chi connectivity index (χ4n) is 1.77. The summed E-state index contributed by atoms with van der Waals surface area (Å²) in [5.74, 6) is 0.273. The van der Waals surface area contributed by atoms with Crippen molar-refractivity contribution >= 4 is 43.7 Å².